The van der Waals surface area contributed by atoms with Gasteiger partial charge >= 0.3 is 5.63 Å². The minimum absolute atomic E-state index is 0.0431. The molecule has 2 fully saturated rings. The van der Waals surface area contributed by atoms with Crippen LogP contribution >= 0.6 is 11.6 Å². The molecule has 2 heterocycles. The Kier molecular flexibility index (Phi) is 6.96. The van der Waals surface area contributed by atoms with E-state index in [9.17, 15) is 14.7 Å². The lowest BCUT2D eigenvalue weighted by molar-refractivity contribution is -0.161. The number of likely N-dealkylation sites (tertiary alicyclic amines) is 1. The van der Waals surface area contributed by atoms with Crippen LogP contribution in [-0.4, -0.2) is 34.2 Å². The highest BCUT2D eigenvalue weighted by atomic mass is 35.5. The van der Waals surface area contributed by atoms with Gasteiger partial charge in [0.2, 0.25) is 0 Å². The highest BCUT2D eigenvalue weighted by Crippen LogP contribution is 2.49. The normalized spacial score (nSPS) is 25.6. The number of fused-ring (bicyclic) bond motifs is 4. The second-order valence-electron chi connectivity index (χ2n) is 11.7. The average Bonchev–Trinajstić information content (AvgIpc) is 2.92. The Morgan fingerprint density at radius 1 is 1.10 bits per heavy atom. The van der Waals surface area contributed by atoms with Crippen LogP contribution in [0.15, 0.2) is 45.6 Å². The predicted octanol–water partition coefficient (Wildman–Crippen LogP) is 6.30. The third kappa shape index (κ3) is 4.76. The minimum Gasteiger partial charge on any atom is -0.480 e. The van der Waals surface area contributed by atoms with Crippen LogP contribution in [0.4, 0.5) is 0 Å². The number of hydrogen-bond donors (Lipinski definition) is 1. The van der Waals surface area contributed by atoms with Crippen molar-refractivity contribution in [1.29, 1.82) is 0 Å². The van der Waals surface area contributed by atoms with Crippen LogP contribution in [0.1, 0.15) is 80.2 Å². The van der Waals surface area contributed by atoms with E-state index in [-0.39, 0.29) is 23.5 Å². The molecule has 2 aliphatic carbocycles. The lowest BCUT2D eigenvalue weighted by atomic mass is 9.66. The summed E-state index contributed by atoms with van der Waals surface area (Å²) >= 11 is 6.20. The van der Waals surface area contributed by atoms with Crippen LogP contribution < -0.4 is 10.4 Å². The lowest BCUT2D eigenvalue weighted by Crippen LogP contribution is -2.58. The maximum atomic E-state index is 14.1. The van der Waals surface area contributed by atoms with Gasteiger partial charge in [-0.1, -0.05) is 36.6 Å². The summed E-state index contributed by atoms with van der Waals surface area (Å²) in [5.74, 6) is 0.434. The number of rotatable bonds is 4. The van der Waals surface area contributed by atoms with Gasteiger partial charge in [0.25, 0.3) is 5.91 Å². The Labute approximate surface area is 233 Å². The molecule has 6 nitrogen and oxygen atoms in total. The van der Waals surface area contributed by atoms with Gasteiger partial charge in [0.05, 0.1) is 17.0 Å². The van der Waals surface area contributed by atoms with Crippen molar-refractivity contribution in [3.63, 3.8) is 0 Å². The van der Waals surface area contributed by atoms with Crippen molar-refractivity contribution in [2.75, 3.05) is 6.54 Å². The van der Waals surface area contributed by atoms with Crippen molar-refractivity contribution in [3.8, 4) is 5.75 Å². The standard InChI is InChI=1S/C32H36ClNO5/c1-19-17-26(28-23-7-3-4-8-24(23)31(36)39-27(28)18-19)38-20(2)30(35)34-16-15-32(37)14-6-5-9-25(32)29(34)21-10-12-22(33)13-11-21/h10-13,17-18,20,25,29,37H,3-9,14-16H2,1-2H3/t20-,25-,29-,32+/m0/s1. The van der Waals surface area contributed by atoms with E-state index in [0.717, 1.165) is 72.6 Å². The van der Waals surface area contributed by atoms with Crippen LogP contribution in [0.3, 0.4) is 0 Å². The highest BCUT2D eigenvalue weighted by molar-refractivity contribution is 6.30. The Hall–Kier alpha value is -2.83. The first-order chi connectivity index (χ1) is 18.7. The Balaban J connectivity index is 1.35. The fourth-order valence-electron chi connectivity index (χ4n) is 7.24. The first-order valence-corrected chi connectivity index (χ1v) is 14.7. The molecule has 6 rings (SSSR count). The third-order valence-electron chi connectivity index (χ3n) is 9.14. The fraction of sp³-hybridized carbons (Fsp3) is 0.500. The molecule has 1 N–H and O–H groups in total. The lowest BCUT2D eigenvalue weighted by Gasteiger charge is -2.53. The smallest absolute Gasteiger partial charge is 0.339 e. The van der Waals surface area contributed by atoms with Gasteiger partial charge in [0.15, 0.2) is 6.10 Å². The molecular weight excluding hydrogens is 514 g/mol. The van der Waals surface area contributed by atoms with Crippen molar-refractivity contribution in [1.82, 2.24) is 4.90 Å². The van der Waals surface area contributed by atoms with Crippen molar-refractivity contribution >= 4 is 28.5 Å². The van der Waals surface area contributed by atoms with E-state index in [0.29, 0.717) is 35.7 Å². The fourth-order valence-corrected chi connectivity index (χ4v) is 7.36. The number of halogens is 1. The summed E-state index contributed by atoms with van der Waals surface area (Å²) in [7, 11) is 0. The summed E-state index contributed by atoms with van der Waals surface area (Å²) in [4.78, 5) is 28.7. The predicted molar refractivity (Wildman–Crippen MR) is 151 cm³/mol. The molecule has 7 heteroatoms. The van der Waals surface area contributed by atoms with Gasteiger partial charge in [-0.2, -0.15) is 0 Å². The summed E-state index contributed by atoms with van der Waals surface area (Å²) in [6.45, 7) is 4.19. The number of aliphatic hydroxyl groups is 1. The molecule has 206 valence electrons. The monoisotopic (exact) mass is 549 g/mol. The molecule has 2 aromatic carbocycles. The average molecular weight is 550 g/mol. The first-order valence-electron chi connectivity index (χ1n) is 14.3. The van der Waals surface area contributed by atoms with Crippen LogP contribution in [0.2, 0.25) is 5.02 Å². The number of carbonyl (C=O) groups is 1. The number of piperidine rings is 1. The zero-order valence-electron chi connectivity index (χ0n) is 22.7. The quantitative estimate of drug-likeness (QED) is 0.386. The summed E-state index contributed by atoms with van der Waals surface area (Å²) in [6.07, 6.45) is 6.96. The van der Waals surface area contributed by atoms with Crippen molar-refractivity contribution in [2.24, 2.45) is 5.92 Å². The highest BCUT2D eigenvalue weighted by Gasteiger charge is 2.50. The number of benzene rings is 2. The SMILES string of the molecule is Cc1cc(O[C@@H](C)C(=O)N2CC[C@]3(O)CCCC[C@H]3[C@@H]2c2ccc(Cl)cc2)c2c3c(c(=O)oc2c1)CCCC3. The van der Waals surface area contributed by atoms with Crippen LogP contribution in [-0.2, 0) is 17.6 Å². The topological polar surface area (TPSA) is 80.0 Å². The van der Waals surface area contributed by atoms with Gasteiger partial charge in [-0.15, -0.1) is 0 Å². The van der Waals surface area contributed by atoms with E-state index in [2.05, 4.69) is 0 Å². The minimum atomic E-state index is -0.771. The van der Waals surface area contributed by atoms with E-state index in [1.165, 1.54) is 0 Å². The van der Waals surface area contributed by atoms with Gasteiger partial charge < -0.3 is 19.2 Å². The second kappa shape index (κ2) is 10.3. The Bertz CT molecular complexity index is 1460. The molecule has 1 saturated carbocycles. The Morgan fingerprint density at radius 3 is 2.62 bits per heavy atom. The zero-order chi connectivity index (χ0) is 27.3. The molecule has 1 aromatic heterocycles. The molecule has 4 atom stereocenters. The van der Waals surface area contributed by atoms with Gasteiger partial charge in [0.1, 0.15) is 11.3 Å². The van der Waals surface area contributed by atoms with Crippen molar-refractivity contribution in [2.45, 2.75) is 89.4 Å². The van der Waals surface area contributed by atoms with Gasteiger partial charge in [-0.25, -0.2) is 4.79 Å². The molecule has 1 saturated heterocycles. The first kappa shape index (κ1) is 26.4. The van der Waals surface area contributed by atoms with Gasteiger partial charge in [-0.3, -0.25) is 4.79 Å². The maximum absolute atomic E-state index is 14.1. The van der Waals surface area contributed by atoms with E-state index < -0.39 is 11.7 Å². The van der Waals surface area contributed by atoms with Gasteiger partial charge in [-0.05, 0) is 99.7 Å². The molecule has 0 bridgehead atoms. The van der Waals surface area contributed by atoms with E-state index in [1.807, 2.05) is 48.2 Å². The summed E-state index contributed by atoms with van der Waals surface area (Å²) in [5.41, 5.74) is 3.09. The Morgan fingerprint density at radius 2 is 1.85 bits per heavy atom. The molecule has 3 aliphatic rings. The molecule has 39 heavy (non-hydrogen) atoms. The molecule has 1 aliphatic heterocycles. The maximum Gasteiger partial charge on any atom is 0.339 e. The largest absolute Gasteiger partial charge is 0.480 e. The van der Waals surface area contributed by atoms with Crippen molar-refractivity contribution in [3.05, 3.63) is 74.1 Å². The van der Waals surface area contributed by atoms with Crippen LogP contribution in [0.25, 0.3) is 11.0 Å². The van der Waals surface area contributed by atoms with Crippen LogP contribution in [0.5, 0.6) is 5.75 Å². The molecule has 1 amide bonds. The number of aryl methyl sites for hydroxylation is 2. The number of hydrogen-bond acceptors (Lipinski definition) is 5. The summed E-state index contributed by atoms with van der Waals surface area (Å²) in [6, 6.07) is 11.2. The molecule has 0 spiro atoms. The number of carbonyl (C=O) groups excluding carboxylic acids is 1. The van der Waals surface area contributed by atoms with Gasteiger partial charge in [0, 0.05) is 23.0 Å². The zero-order valence-corrected chi connectivity index (χ0v) is 23.4. The third-order valence-corrected chi connectivity index (χ3v) is 9.39. The van der Waals surface area contributed by atoms with Crippen molar-refractivity contribution < 1.29 is 19.1 Å². The summed E-state index contributed by atoms with van der Waals surface area (Å²) in [5, 5.41) is 13.1. The molecule has 3 aromatic rings. The van der Waals surface area contributed by atoms with Crippen LogP contribution in [0, 0.1) is 12.8 Å². The molecule has 0 unspecified atom stereocenters. The van der Waals surface area contributed by atoms with E-state index in [4.69, 9.17) is 20.8 Å². The molecular formula is C32H36ClNO5. The molecule has 0 radical (unpaired) electrons. The summed E-state index contributed by atoms with van der Waals surface area (Å²) < 4.78 is 12.2. The number of nitrogens with zero attached hydrogens (tertiary/aromatic N) is 1. The second-order valence-corrected chi connectivity index (χ2v) is 12.1. The van der Waals surface area contributed by atoms with E-state index >= 15 is 0 Å². The number of amides is 1. The van der Waals surface area contributed by atoms with E-state index in [1.54, 1.807) is 6.92 Å². The number of ether oxygens (including phenoxy) is 1.